The molecule has 2 heterocycles. The quantitative estimate of drug-likeness (QED) is 0.366. The molecule has 2 aromatic carbocycles. The molecule has 32 heavy (non-hydrogen) atoms. The maximum atomic E-state index is 13.3. The number of thioether (sulfide) groups is 1. The van der Waals surface area contributed by atoms with E-state index in [2.05, 4.69) is 29.8 Å². The van der Waals surface area contributed by atoms with Gasteiger partial charge in [0.15, 0.2) is 11.0 Å². The van der Waals surface area contributed by atoms with Gasteiger partial charge in [-0.25, -0.2) is 0 Å². The molecule has 7 heteroatoms. The lowest BCUT2D eigenvalue weighted by molar-refractivity contribution is -0.118. The molecule has 1 aliphatic heterocycles. The van der Waals surface area contributed by atoms with Gasteiger partial charge < -0.3 is 9.64 Å². The van der Waals surface area contributed by atoms with Crippen LogP contribution in [0.3, 0.4) is 0 Å². The standard InChI is InChI=1S/C25H28N4O2S/c1-5-13-28-23(16-31-21-11-8-9-17(2)14-21)26-27-25(28)32-19(4)24(30)29-18(3)15-20-10-6-7-12-22(20)29/h5-12,14,18-19H,1,13,15-16H2,2-4H3. The fourth-order valence-electron chi connectivity index (χ4n) is 3.98. The summed E-state index contributed by atoms with van der Waals surface area (Å²) in [6, 6.07) is 16.2. The van der Waals surface area contributed by atoms with Crippen molar-refractivity contribution in [2.45, 2.75) is 56.8 Å². The highest BCUT2D eigenvalue weighted by molar-refractivity contribution is 8.00. The number of anilines is 1. The SMILES string of the molecule is C=CCn1c(COc2cccc(C)c2)nnc1SC(C)C(=O)N1c2ccccc2CC1C. The number of nitrogens with zero attached hydrogens (tertiary/aromatic N) is 4. The van der Waals surface area contributed by atoms with Crippen LogP contribution in [0.25, 0.3) is 0 Å². The van der Waals surface area contributed by atoms with Crippen molar-refractivity contribution in [1.82, 2.24) is 14.8 Å². The van der Waals surface area contributed by atoms with Crippen LogP contribution in [0.2, 0.25) is 0 Å². The highest BCUT2D eigenvalue weighted by Crippen LogP contribution is 2.34. The molecule has 2 unspecified atom stereocenters. The van der Waals surface area contributed by atoms with Crippen LogP contribution in [0.1, 0.15) is 30.8 Å². The predicted molar refractivity (Wildman–Crippen MR) is 128 cm³/mol. The lowest BCUT2D eigenvalue weighted by Gasteiger charge is -2.25. The van der Waals surface area contributed by atoms with Crippen LogP contribution in [0.4, 0.5) is 5.69 Å². The molecule has 0 N–H and O–H groups in total. The topological polar surface area (TPSA) is 60.2 Å². The number of amides is 1. The molecule has 0 aliphatic carbocycles. The maximum absolute atomic E-state index is 13.3. The van der Waals surface area contributed by atoms with Crippen molar-refractivity contribution in [3.05, 3.63) is 78.1 Å². The van der Waals surface area contributed by atoms with Gasteiger partial charge in [-0.05, 0) is 56.5 Å². The number of benzene rings is 2. The molecule has 6 nitrogen and oxygen atoms in total. The van der Waals surface area contributed by atoms with E-state index in [1.807, 2.05) is 65.8 Å². The maximum Gasteiger partial charge on any atom is 0.240 e. The minimum Gasteiger partial charge on any atom is -0.486 e. The average molecular weight is 449 g/mol. The summed E-state index contributed by atoms with van der Waals surface area (Å²) in [5, 5.41) is 9.07. The molecule has 0 radical (unpaired) electrons. The Balaban J connectivity index is 1.48. The van der Waals surface area contributed by atoms with Crippen molar-refractivity contribution in [2.24, 2.45) is 0 Å². The van der Waals surface area contributed by atoms with Gasteiger partial charge in [-0.1, -0.05) is 48.2 Å². The van der Waals surface area contributed by atoms with Gasteiger partial charge >= 0.3 is 0 Å². The molecule has 0 spiro atoms. The number of allylic oxidation sites excluding steroid dienone is 1. The van der Waals surface area contributed by atoms with E-state index in [4.69, 9.17) is 4.74 Å². The van der Waals surface area contributed by atoms with Crippen molar-refractivity contribution < 1.29 is 9.53 Å². The lowest BCUT2D eigenvalue weighted by Crippen LogP contribution is -2.40. The summed E-state index contributed by atoms with van der Waals surface area (Å²) in [6.45, 7) is 10.7. The summed E-state index contributed by atoms with van der Waals surface area (Å²) in [5.41, 5.74) is 3.37. The monoisotopic (exact) mass is 448 g/mol. The second-order valence-corrected chi connectivity index (χ2v) is 9.36. The molecular formula is C25H28N4O2S. The van der Waals surface area contributed by atoms with Gasteiger partial charge in [-0.15, -0.1) is 16.8 Å². The molecule has 4 rings (SSSR count). The molecule has 166 valence electrons. The molecule has 1 amide bonds. The minimum absolute atomic E-state index is 0.0816. The molecular weight excluding hydrogens is 420 g/mol. The Morgan fingerprint density at radius 3 is 2.88 bits per heavy atom. The average Bonchev–Trinajstić information content (AvgIpc) is 3.31. The highest BCUT2D eigenvalue weighted by atomic mass is 32.2. The van der Waals surface area contributed by atoms with E-state index < -0.39 is 0 Å². The van der Waals surface area contributed by atoms with E-state index in [0.29, 0.717) is 24.1 Å². The van der Waals surface area contributed by atoms with E-state index in [-0.39, 0.29) is 17.2 Å². The first-order valence-electron chi connectivity index (χ1n) is 10.8. The second-order valence-electron chi connectivity index (χ2n) is 8.05. The lowest BCUT2D eigenvalue weighted by atomic mass is 10.1. The molecule has 3 aromatic rings. The summed E-state index contributed by atoms with van der Waals surface area (Å²) in [4.78, 5) is 15.3. The first-order chi connectivity index (χ1) is 15.5. The normalized spacial score (nSPS) is 16.0. The zero-order valence-electron chi connectivity index (χ0n) is 18.7. The third-order valence-electron chi connectivity index (χ3n) is 5.54. The number of hydrogen-bond acceptors (Lipinski definition) is 5. The van der Waals surface area contributed by atoms with Crippen LogP contribution < -0.4 is 9.64 Å². The third kappa shape index (κ3) is 4.58. The Morgan fingerprint density at radius 2 is 2.09 bits per heavy atom. The summed E-state index contributed by atoms with van der Waals surface area (Å²) in [5.74, 6) is 1.57. The van der Waals surface area contributed by atoms with Crippen molar-refractivity contribution in [2.75, 3.05) is 4.90 Å². The van der Waals surface area contributed by atoms with Crippen LogP contribution in [0.5, 0.6) is 5.75 Å². The fourth-order valence-corrected chi connectivity index (χ4v) is 4.91. The van der Waals surface area contributed by atoms with Gasteiger partial charge in [0.05, 0.1) is 5.25 Å². The van der Waals surface area contributed by atoms with Crippen LogP contribution in [0, 0.1) is 6.92 Å². The number of para-hydroxylation sites is 1. The van der Waals surface area contributed by atoms with Gasteiger partial charge in [0.2, 0.25) is 5.91 Å². The van der Waals surface area contributed by atoms with E-state index >= 15 is 0 Å². The van der Waals surface area contributed by atoms with Gasteiger partial charge in [-0.2, -0.15) is 0 Å². The molecule has 1 aliphatic rings. The Morgan fingerprint density at radius 1 is 1.28 bits per heavy atom. The van der Waals surface area contributed by atoms with E-state index in [1.54, 1.807) is 6.08 Å². The largest absolute Gasteiger partial charge is 0.486 e. The molecule has 1 aromatic heterocycles. The van der Waals surface area contributed by atoms with Crippen LogP contribution in [0.15, 0.2) is 66.3 Å². The van der Waals surface area contributed by atoms with Gasteiger partial charge in [0.1, 0.15) is 12.4 Å². The summed E-state index contributed by atoms with van der Waals surface area (Å²) < 4.78 is 7.87. The van der Waals surface area contributed by atoms with Crippen molar-refractivity contribution >= 4 is 23.4 Å². The van der Waals surface area contributed by atoms with Crippen LogP contribution >= 0.6 is 11.8 Å². The van der Waals surface area contributed by atoms with Crippen molar-refractivity contribution in [1.29, 1.82) is 0 Å². The smallest absolute Gasteiger partial charge is 0.240 e. The first-order valence-corrected chi connectivity index (χ1v) is 11.7. The van der Waals surface area contributed by atoms with Gasteiger partial charge in [-0.3, -0.25) is 9.36 Å². The number of rotatable bonds is 8. The number of ether oxygens (including phenoxy) is 1. The summed E-state index contributed by atoms with van der Waals surface area (Å²) >= 11 is 1.42. The Labute approximate surface area is 193 Å². The van der Waals surface area contributed by atoms with E-state index in [9.17, 15) is 4.79 Å². The first kappa shape index (κ1) is 22.1. The minimum atomic E-state index is -0.304. The molecule has 2 atom stereocenters. The summed E-state index contributed by atoms with van der Waals surface area (Å²) in [7, 11) is 0. The van der Waals surface area contributed by atoms with Crippen LogP contribution in [-0.2, 0) is 24.4 Å². The second kappa shape index (κ2) is 9.61. The number of aromatic nitrogens is 3. The molecule has 0 bridgehead atoms. The van der Waals surface area contributed by atoms with E-state index in [1.165, 1.54) is 17.3 Å². The van der Waals surface area contributed by atoms with Gasteiger partial charge in [0, 0.05) is 18.3 Å². The highest BCUT2D eigenvalue weighted by Gasteiger charge is 2.34. The number of hydrogen-bond donors (Lipinski definition) is 0. The molecule has 0 saturated carbocycles. The van der Waals surface area contributed by atoms with Crippen molar-refractivity contribution in [3.63, 3.8) is 0 Å². The predicted octanol–water partition coefficient (Wildman–Crippen LogP) is 4.81. The number of carbonyl (C=O) groups excluding carboxylic acids is 1. The molecule has 0 saturated heterocycles. The Bertz CT molecular complexity index is 1130. The van der Waals surface area contributed by atoms with Crippen LogP contribution in [-0.4, -0.2) is 32.0 Å². The van der Waals surface area contributed by atoms with Crippen molar-refractivity contribution in [3.8, 4) is 5.75 Å². The Kier molecular flexibility index (Phi) is 6.65. The number of fused-ring (bicyclic) bond motifs is 1. The number of aryl methyl sites for hydroxylation is 1. The third-order valence-corrected chi connectivity index (χ3v) is 6.61. The zero-order chi connectivity index (χ0) is 22.7. The summed E-state index contributed by atoms with van der Waals surface area (Å²) in [6.07, 6.45) is 2.68. The Hall–Kier alpha value is -3.06. The molecule has 0 fully saturated rings. The zero-order valence-corrected chi connectivity index (χ0v) is 19.5. The fraction of sp³-hybridized carbons (Fsp3) is 0.320. The number of carbonyl (C=O) groups is 1. The van der Waals surface area contributed by atoms with E-state index in [0.717, 1.165) is 23.4 Å². The van der Waals surface area contributed by atoms with Gasteiger partial charge in [0.25, 0.3) is 0 Å².